The minimum Gasteiger partial charge on any atom is -0.478 e. The number of nitriles is 1. The van der Waals surface area contributed by atoms with Gasteiger partial charge in [-0.2, -0.15) is 5.26 Å². The maximum Gasteiger partial charge on any atom is 0.214 e. The molecule has 0 aromatic carbocycles. The largest absolute Gasteiger partial charge is 0.478 e. The molecular formula is C9H11N3O2S. The highest BCUT2D eigenvalue weighted by Crippen LogP contribution is 2.13. The lowest BCUT2D eigenvalue weighted by atomic mass is 10.5. The Morgan fingerprint density at radius 1 is 1.67 bits per heavy atom. The smallest absolute Gasteiger partial charge is 0.214 e. The molecule has 0 saturated heterocycles. The zero-order valence-electron chi connectivity index (χ0n) is 8.51. The molecule has 0 aliphatic heterocycles. The van der Waals surface area contributed by atoms with Gasteiger partial charge < -0.3 is 4.74 Å². The Bertz CT molecular complexity index is 481. The van der Waals surface area contributed by atoms with E-state index in [1.807, 2.05) is 6.92 Å². The standard InChI is InChI=1S/C9H11N3O2S/c1-3-14-9-5-4-8(6-11-9)15(2,13)12-7-10/h4-6H,3H2,1-2H3. The Balaban J connectivity index is 3.06. The van der Waals surface area contributed by atoms with Crippen LogP contribution in [0.4, 0.5) is 0 Å². The zero-order chi connectivity index (χ0) is 11.3. The van der Waals surface area contributed by atoms with E-state index in [2.05, 4.69) is 9.35 Å². The van der Waals surface area contributed by atoms with Crippen LogP contribution < -0.4 is 4.74 Å². The van der Waals surface area contributed by atoms with Crippen LogP contribution >= 0.6 is 0 Å². The molecule has 0 aliphatic carbocycles. The molecule has 1 unspecified atom stereocenters. The van der Waals surface area contributed by atoms with Gasteiger partial charge in [0.2, 0.25) is 12.1 Å². The highest BCUT2D eigenvalue weighted by atomic mass is 32.2. The monoisotopic (exact) mass is 225 g/mol. The van der Waals surface area contributed by atoms with E-state index in [1.54, 1.807) is 12.1 Å². The third-order valence-electron chi connectivity index (χ3n) is 1.65. The number of rotatable bonds is 3. The van der Waals surface area contributed by atoms with E-state index in [0.717, 1.165) is 0 Å². The summed E-state index contributed by atoms with van der Waals surface area (Å²) in [6, 6.07) is 3.20. The Hall–Kier alpha value is -1.61. The van der Waals surface area contributed by atoms with E-state index < -0.39 is 9.73 Å². The van der Waals surface area contributed by atoms with Gasteiger partial charge in [0.05, 0.1) is 21.2 Å². The van der Waals surface area contributed by atoms with E-state index in [9.17, 15) is 4.21 Å². The van der Waals surface area contributed by atoms with Gasteiger partial charge in [0.25, 0.3) is 0 Å². The van der Waals surface area contributed by atoms with Gasteiger partial charge in [0.1, 0.15) is 0 Å². The van der Waals surface area contributed by atoms with Crippen LogP contribution in [0.5, 0.6) is 5.88 Å². The van der Waals surface area contributed by atoms with Gasteiger partial charge in [-0.05, 0) is 13.0 Å². The molecule has 0 aliphatic rings. The molecule has 0 spiro atoms. The second kappa shape index (κ2) is 4.75. The minimum absolute atomic E-state index is 0.424. The summed E-state index contributed by atoms with van der Waals surface area (Å²) in [5.41, 5.74) is 0. The van der Waals surface area contributed by atoms with Gasteiger partial charge >= 0.3 is 0 Å². The normalized spacial score (nSPS) is 13.7. The second-order valence-corrected chi connectivity index (χ2v) is 5.02. The van der Waals surface area contributed by atoms with Gasteiger partial charge in [-0.25, -0.2) is 9.19 Å². The molecule has 0 saturated carbocycles. The lowest BCUT2D eigenvalue weighted by Gasteiger charge is -2.03. The first kappa shape index (κ1) is 11.5. The second-order valence-electron chi connectivity index (χ2n) is 2.76. The molecule has 1 aromatic rings. The summed E-state index contributed by atoms with van der Waals surface area (Å²) in [4.78, 5) is 4.37. The molecule has 5 nitrogen and oxygen atoms in total. The topological polar surface area (TPSA) is 75.3 Å². The Labute approximate surface area is 88.9 Å². The average Bonchev–Trinajstić information content (AvgIpc) is 2.19. The number of hydrogen-bond acceptors (Lipinski definition) is 5. The van der Waals surface area contributed by atoms with Crippen LogP contribution in [0.1, 0.15) is 6.92 Å². The summed E-state index contributed by atoms with van der Waals surface area (Å²) in [6.07, 6.45) is 4.34. The summed E-state index contributed by atoms with van der Waals surface area (Å²) < 4.78 is 20.3. The van der Waals surface area contributed by atoms with Gasteiger partial charge in [-0.1, -0.05) is 0 Å². The Morgan fingerprint density at radius 2 is 2.40 bits per heavy atom. The fraction of sp³-hybridized carbons (Fsp3) is 0.333. The molecule has 1 atom stereocenters. The van der Waals surface area contributed by atoms with Crippen molar-refractivity contribution in [1.29, 1.82) is 5.26 Å². The van der Waals surface area contributed by atoms with Crippen LogP contribution in [0, 0.1) is 11.5 Å². The van der Waals surface area contributed by atoms with Crippen molar-refractivity contribution in [2.24, 2.45) is 4.36 Å². The lowest BCUT2D eigenvalue weighted by molar-refractivity contribution is 0.326. The lowest BCUT2D eigenvalue weighted by Crippen LogP contribution is -1.99. The fourth-order valence-electron chi connectivity index (χ4n) is 0.955. The van der Waals surface area contributed by atoms with E-state index in [1.165, 1.54) is 18.6 Å². The first-order valence-electron chi connectivity index (χ1n) is 4.29. The van der Waals surface area contributed by atoms with Crippen molar-refractivity contribution >= 4 is 9.73 Å². The number of aromatic nitrogens is 1. The first-order chi connectivity index (χ1) is 7.10. The summed E-state index contributed by atoms with van der Waals surface area (Å²) in [6.45, 7) is 2.37. The highest BCUT2D eigenvalue weighted by molar-refractivity contribution is 7.93. The number of hydrogen-bond donors (Lipinski definition) is 0. The molecule has 6 heteroatoms. The van der Waals surface area contributed by atoms with Crippen LogP contribution in [0.15, 0.2) is 27.6 Å². The average molecular weight is 225 g/mol. The molecular weight excluding hydrogens is 214 g/mol. The van der Waals surface area contributed by atoms with Crippen LogP contribution in [0.25, 0.3) is 0 Å². The predicted octanol–water partition coefficient (Wildman–Crippen LogP) is 1.42. The summed E-state index contributed by atoms with van der Waals surface area (Å²) in [5, 5.41) is 8.36. The Kier molecular flexibility index (Phi) is 3.63. The quantitative estimate of drug-likeness (QED) is 0.729. The summed E-state index contributed by atoms with van der Waals surface area (Å²) in [7, 11) is -2.65. The molecule has 1 aromatic heterocycles. The molecule has 0 bridgehead atoms. The van der Waals surface area contributed by atoms with Gasteiger partial charge in [0, 0.05) is 18.5 Å². The SMILES string of the molecule is CCOc1ccc(S(C)(=O)=NC#N)cn1. The van der Waals surface area contributed by atoms with Crippen molar-refractivity contribution in [3.05, 3.63) is 18.3 Å². The van der Waals surface area contributed by atoms with Crippen molar-refractivity contribution < 1.29 is 8.95 Å². The number of nitrogens with zero attached hydrogens (tertiary/aromatic N) is 3. The maximum absolute atomic E-state index is 11.8. The van der Waals surface area contributed by atoms with Crippen LogP contribution in [-0.2, 0) is 9.73 Å². The van der Waals surface area contributed by atoms with Crippen LogP contribution in [0.2, 0.25) is 0 Å². The highest BCUT2D eigenvalue weighted by Gasteiger charge is 2.06. The maximum atomic E-state index is 11.8. The van der Waals surface area contributed by atoms with Crippen molar-refractivity contribution in [2.75, 3.05) is 12.9 Å². The van der Waals surface area contributed by atoms with Crippen molar-refractivity contribution in [1.82, 2.24) is 4.98 Å². The number of pyridine rings is 1. The molecule has 1 rings (SSSR count). The van der Waals surface area contributed by atoms with Crippen LogP contribution in [0.3, 0.4) is 0 Å². The molecule has 0 fully saturated rings. The van der Waals surface area contributed by atoms with Gasteiger partial charge in [0.15, 0.2) is 0 Å². The summed E-state index contributed by atoms with van der Waals surface area (Å²) in [5.74, 6) is 0.466. The number of ether oxygens (including phenoxy) is 1. The molecule has 0 radical (unpaired) electrons. The molecule has 80 valence electrons. The molecule has 1 heterocycles. The molecule has 0 N–H and O–H groups in total. The van der Waals surface area contributed by atoms with Crippen molar-refractivity contribution in [3.8, 4) is 12.1 Å². The Morgan fingerprint density at radius 3 is 2.87 bits per heavy atom. The predicted molar refractivity (Wildman–Crippen MR) is 55.8 cm³/mol. The first-order valence-corrected chi connectivity index (χ1v) is 6.21. The van der Waals surface area contributed by atoms with E-state index in [4.69, 9.17) is 10.00 Å². The van der Waals surface area contributed by atoms with Crippen LogP contribution in [-0.4, -0.2) is 22.1 Å². The van der Waals surface area contributed by atoms with Crippen molar-refractivity contribution in [2.45, 2.75) is 11.8 Å². The van der Waals surface area contributed by atoms with Crippen molar-refractivity contribution in [3.63, 3.8) is 0 Å². The molecule has 0 amide bonds. The van der Waals surface area contributed by atoms with E-state index in [0.29, 0.717) is 17.4 Å². The summed E-state index contributed by atoms with van der Waals surface area (Å²) >= 11 is 0. The zero-order valence-corrected chi connectivity index (χ0v) is 9.32. The van der Waals surface area contributed by atoms with E-state index >= 15 is 0 Å². The molecule has 15 heavy (non-hydrogen) atoms. The van der Waals surface area contributed by atoms with Gasteiger partial charge in [-0.15, -0.1) is 4.36 Å². The fourth-order valence-corrected chi connectivity index (χ4v) is 1.78. The van der Waals surface area contributed by atoms with Gasteiger partial charge in [-0.3, -0.25) is 0 Å². The van der Waals surface area contributed by atoms with E-state index in [-0.39, 0.29) is 0 Å². The third-order valence-corrected chi connectivity index (χ3v) is 3.20. The minimum atomic E-state index is -2.65. The third kappa shape index (κ3) is 2.92.